The summed E-state index contributed by atoms with van der Waals surface area (Å²) < 4.78 is 11.4. The van der Waals surface area contributed by atoms with Crippen LogP contribution in [0, 0.1) is 0 Å². The lowest BCUT2D eigenvalue weighted by atomic mass is 9.80. The second kappa shape index (κ2) is 17.4. The number of carbonyl (C=O) groups excluding carboxylic acids is 5. The van der Waals surface area contributed by atoms with Gasteiger partial charge in [-0.1, -0.05) is 67.8 Å². The van der Waals surface area contributed by atoms with E-state index >= 15 is 0 Å². The molecule has 0 spiro atoms. The van der Waals surface area contributed by atoms with Crippen LogP contribution < -0.4 is 27.0 Å². The topological polar surface area (TPSA) is 237 Å². The Bertz CT molecular complexity index is 1790. The van der Waals surface area contributed by atoms with Gasteiger partial charge in [0.25, 0.3) is 0 Å². The summed E-state index contributed by atoms with van der Waals surface area (Å²) in [5.41, 5.74) is 6.09. The lowest BCUT2D eigenvalue weighted by molar-refractivity contribution is -0.139. The zero-order valence-corrected chi connectivity index (χ0v) is 29.4. The third-order valence-electron chi connectivity index (χ3n) is 8.95. The number of phenolic OH excluding ortho intramolecular Hbond substituents is 1. The van der Waals surface area contributed by atoms with Gasteiger partial charge in [-0.15, -0.1) is 0 Å². The van der Waals surface area contributed by atoms with Gasteiger partial charge in [-0.25, -0.2) is 0 Å². The van der Waals surface area contributed by atoms with Gasteiger partial charge in [-0.2, -0.15) is 0 Å². The Kier molecular flexibility index (Phi) is 13.3. The van der Waals surface area contributed by atoms with Gasteiger partial charge in [0.15, 0.2) is 0 Å². The van der Waals surface area contributed by atoms with Gasteiger partial charge in [0.05, 0.1) is 12.6 Å². The molecular formula is C36H46N5O9P. The van der Waals surface area contributed by atoms with Crippen molar-refractivity contribution in [2.45, 2.75) is 88.5 Å². The van der Waals surface area contributed by atoms with Crippen molar-refractivity contribution in [2.75, 3.05) is 6.54 Å². The fraction of sp³-hybridized carbons (Fsp3) is 0.417. The predicted molar refractivity (Wildman–Crippen MR) is 190 cm³/mol. The van der Waals surface area contributed by atoms with E-state index in [-0.39, 0.29) is 31.6 Å². The van der Waals surface area contributed by atoms with Gasteiger partial charge in [0.2, 0.25) is 29.5 Å². The molecule has 5 amide bonds. The van der Waals surface area contributed by atoms with E-state index in [1.807, 2.05) is 24.3 Å². The molecule has 3 aromatic carbocycles. The Labute approximate surface area is 296 Å². The standard InChI is InChI=1S/C36H46N5O9P/c1-23(42)39-30(19-24-10-12-25(13-11-24)22-51(48,49)50)34(46)41-36(16-3-2-4-17-36)35(47)40-31(21-32(37)44)33(45)38-18-6-9-26-7-5-8-27-20-28(43)14-15-29(26)27/h5,7-8,10-15,20,30-31,43H,2-4,6,9,16-19,21-22H2,1H3,(H2,37,44)(H,38,45)(H,39,42)(H,40,47)(H,41,46)(H2,48,49,50)/t30-,31-/m0/s1. The molecule has 0 bridgehead atoms. The summed E-state index contributed by atoms with van der Waals surface area (Å²) in [6.07, 6.45) is 2.90. The Hall–Kier alpha value is -4.78. The lowest BCUT2D eigenvalue weighted by Crippen LogP contribution is -2.65. The van der Waals surface area contributed by atoms with Crippen LogP contribution in [-0.2, 0) is 47.5 Å². The van der Waals surface area contributed by atoms with E-state index in [0.717, 1.165) is 22.8 Å². The Morgan fingerprint density at radius 2 is 1.57 bits per heavy atom. The highest BCUT2D eigenvalue weighted by atomic mass is 31.2. The van der Waals surface area contributed by atoms with Crippen LogP contribution >= 0.6 is 7.60 Å². The first-order valence-electron chi connectivity index (χ1n) is 16.9. The van der Waals surface area contributed by atoms with Crippen molar-refractivity contribution >= 4 is 47.9 Å². The molecule has 0 saturated heterocycles. The smallest absolute Gasteiger partial charge is 0.329 e. The van der Waals surface area contributed by atoms with E-state index in [9.17, 15) is 43.4 Å². The third kappa shape index (κ3) is 11.6. The molecule has 0 aliphatic heterocycles. The number of primary amides is 1. The van der Waals surface area contributed by atoms with Crippen LogP contribution in [0.4, 0.5) is 0 Å². The summed E-state index contributed by atoms with van der Waals surface area (Å²) in [5, 5.41) is 22.6. The van der Waals surface area contributed by atoms with Crippen molar-refractivity contribution in [3.8, 4) is 5.75 Å². The molecule has 15 heteroatoms. The highest BCUT2D eigenvalue weighted by Gasteiger charge is 2.43. The van der Waals surface area contributed by atoms with Crippen LogP contribution in [-0.4, -0.2) is 68.6 Å². The number of aryl methyl sites for hydroxylation is 1. The predicted octanol–water partition coefficient (Wildman–Crippen LogP) is 2.20. The number of nitrogens with two attached hydrogens (primary N) is 1. The van der Waals surface area contributed by atoms with E-state index in [0.29, 0.717) is 36.8 Å². The van der Waals surface area contributed by atoms with Crippen LogP contribution in [0.5, 0.6) is 5.75 Å². The van der Waals surface area contributed by atoms with Crippen molar-refractivity contribution in [3.63, 3.8) is 0 Å². The van der Waals surface area contributed by atoms with Crippen LogP contribution in [0.1, 0.15) is 68.6 Å². The van der Waals surface area contributed by atoms with E-state index < -0.39 is 67.3 Å². The van der Waals surface area contributed by atoms with Crippen LogP contribution in [0.2, 0.25) is 0 Å². The van der Waals surface area contributed by atoms with Crippen molar-refractivity contribution in [3.05, 3.63) is 77.4 Å². The highest BCUT2D eigenvalue weighted by Crippen LogP contribution is 2.39. The number of fused-ring (bicyclic) bond motifs is 1. The average molecular weight is 724 g/mol. The molecule has 4 rings (SSSR count). The molecule has 0 heterocycles. The fourth-order valence-corrected chi connectivity index (χ4v) is 7.16. The number of nitrogens with one attached hydrogen (secondary N) is 4. The van der Waals surface area contributed by atoms with Gasteiger partial charge < -0.3 is 41.9 Å². The maximum atomic E-state index is 13.9. The Morgan fingerprint density at radius 1 is 0.882 bits per heavy atom. The number of phenols is 1. The molecule has 274 valence electrons. The van der Waals surface area contributed by atoms with Crippen molar-refractivity contribution in [2.24, 2.45) is 5.73 Å². The zero-order chi connectivity index (χ0) is 37.2. The summed E-state index contributed by atoms with van der Waals surface area (Å²) in [6.45, 7) is 1.51. The van der Waals surface area contributed by atoms with E-state index in [2.05, 4.69) is 21.3 Å². The molecule has 1 aliphatic carbocycles. The molecule has 2 atom stereocenters. The van der Waals surface area contributed by atoms with Crippen molar-refractivity contribution in [1.29, 1.82) is 0 Å². The number of hydrogen-bond acceptors (Lipinski definition) is 7. The average Bonchev–Trinajstić information content (AvgIpc) is 3.06. The quantitative estimate of drug-likeness (QED) is 0.0798. The molecule has 1 saturated carbocycles. The molecule has 0 aromatic heterocycles. The van der Waals surface area contributed by atoms with Crippen LogP contribution in [0.3, 0.4) is 0 Å². The number of carbonyl (C=O) groups is 5. The van der Waals surface area contributed by atoms with Crippen LogP contribution in [0.15, 0.2) is 60.7 Å². The van der Waals surface area contributed by atoms with Gasteiger partial charge in [-0.05, 0) is 65.3 Å². The highest BCUT2D eigenvalue weighted by molar-refractivity contribution is 7.50. The summed E-state index contributed by atoms with van der Waals surface area (Å²) in [4.78, 5) is 83.5. The maximum absolute atomic E-state index is 13.9. The zero-order valence-electron chi connectivity index (χ0n) is 28.5. The van der Waals surface area contributed by atoms with E-state index in [1.54, 1.807) is 24.3 Å². The van der Waals surface area contributed by atoms with Gasteiger partial charge in [0, 0.05) is 19.9 Å². The monoisotopic (exact) mass is 723 g/mol. The van der Waals surface area contributed by atoms with Crippen molar-refractivity contribution < 1.29 is 43.4 Å². The molecule has 1 fully saturated rings. The van der Waals surface area contributed by atoms with Gasteiger partial charge in [0.1, 0.15) is 23.4 Å². The molecular weight excluding hydrogens is 677 g/mol. The van der Waals surface area contributed by atoms with Gasteiger partial charge >= 0.3 is 7.60 Å². The largest absolute Gasteiger partial charge is 0.508 e. The molecule has 0 unspecified atom stereocenters. The minimum absolute atomic E-state index is 0.0350. The van der Waals surface area contributed by atoms with Gasteiger partial charge in [-0.3, -0.25) is 28.5 Å². The van der Waals surface area contributed by atoms with E-state index in [4.69, 9.17) is 5.73 Å². The first kappa shape index (κ1) is 39.0. The third-order valence-corrected chi connectivity index (χ3v) is 9.73. The number of rotatable bonds is 16. The SMILES string of the molecule is CC(=O)N[C@@H](Cc1ccc(CP(=O)(O)O)cc1)C(=O)NC1(C(=O)N[C@@H](CC(N)=O)C(=O)NCCCc2cccc3cc(O)ccc23)CCCCC1. The molecule has 51 heavy (non-hydrogen) atoms. The minimum atomic E-state index is -4.27. The first-order chi connectivity index (χ1) is 24.1. The normalized spacial score (nSPS) is 15.3. The maximum Gasteiger partial charge on any atom is 0.329 e. The summed E-state index contributed by atoms with van der Waals surface area (Å²) in [5.74, 6) is -2.97. The number of hydrogen-bond donors (Lipinski definition) is 8. The lowest BCUT2D eigenvalue weighted by Gasteiger charge is -2.38. The summed E-state index contributed by atoms with van der Waals surface area (Å²) in [7, 11) is -4.27. The minimum Gasteiger partial charge on any atom is -0.508 e. The number of amides is 5. The Balaban J connectivity index is 1.42. The second-order valence-electron chi connectivity index (χ2n) is 13.1. The number of benzene rings is 3. The van der Waals surface area contributed by atoms with Crippen molar-refractivity contribution in [1.82, 2.24) is 21.3 Å². The molecule has 0 radical (unpaired) electrons. The Morgan fingerprint density at radius 3 is 2.22 bits per heavy atom. The summed E-state index contributed by atoms with van der Waals surface area (Å²) in [6, 6.07) is 14.8. The summed E-state index contributed by atoms with van der Waals surface area (Å²) >= 11 is 0. The number of aromatic hydroxyl groups is 1. The molecule has 1 aliphatic rings. The fourth-order valence-electron chi connectivity index (χ4n) is 6.47. The molecule has 14 nitrogen and oxygen atoms in total. The van der Waals surface area contributed by atoms with E-state index in [1.165, 1.54) is 19.1 Å². The molecule has 9 N–H and O–H groups in total. The first-order valence-corrected chi connectivity index (χ1v) is 18.7. The second-order valence-corrected chi connectivity index (χ2v) is 14.8. The molecule has 3 aromatic rings. The van der Waals surface area contributed by atoms with Crippen LogP contribution in [0.25, 0.3) is 10.8 Å².